The summed E-state index contributed by atoms with van der Waals surface area (Å²) in [5.74, 6) is -16.2. The van der Waals surface area contributed by atoms with Gasteiger partial charge in [-0.3, -0.25) is 38.5 Å². The molecule has 0 radical (unpaired) electrons. The molecule has 8 aliphatic heterocycles. The number of nitrogens with zero attached hydrogens (tertiary/aromatic N) is 1. The lowest BCUT2D eigenvalue weighted by Crippen LogP contribution is -2.64. The number of phenols is 3. The Bertz CT molecular complexity index is 5210. The number of aliphatic carboxylic acids is 1. The van der Waals surface area contributed by atoms with Gasteiger partial charge in [0.25, 0.3) is 0 Å². The molecule has 7 amide bonds. The third-order valence-electron chi connectivity index (χ3n) is 22.8. The molecule has 36 nitrogen and oxygen atoms in total. The summed E-state index contributed by atoms with van der Waals surface area (Å²) in [5, 5.41) is 130. The molecule has 0 spiro atoms. The van der Waals surface area contributed by atoms with Crippen molar-refractivity contribution in [3.63, 3.8) is 0 Å². The fourth-order valence-corrected chi connectivity index (χ4v) is 16.6. The first-order valence-corrected chi connectivity index (χ1v) is 40.6. The zero-order valence-corrected chi connectivity index (χ0v) is 69.5. The van der Waals surface area contributed by atoms with Crippen molar-refractivity contribution < 1.29 is 127 Å². The number of carboxylic acid groups (broad SMARTS) is 1. The van der Waals surface area contributed by atoms with Crippen LogP contribution in [0.3, 0.4) is 0 Å². The van der Waals surface area contributed by atoms with Gasteiger partial charge in [-0.05, 0) is 141 Å². The van der Waals surface area contributed by atoms with Crippen LogP contribution in [0.25, 0.3) is 22.3 Å². The highest BCUT2D eigenvalue weighted by molar-refractivity contribution is 6.32. The van der Waals surface area contributed by atoms with Crippen molar-refractivity contribution in [1.82, 2.24) is 36.8 Å². The number of amides is 7. The molecule has 0 unspecified atom stereocenters. The number of hydrogen-bond donors (Lipinski definition) is 19. The van der Waals surface area contributed by atoms with E-state index < -0.39 is 261 Å². The fourth-order valence-electron chi connectivity index (χ4n) is 16.2. The van der Waals surface area contributed by atoms with Gasteiger partial charge in [-0.25, -0.2) is 4.79 Å². The van der Waals surface area contributed by atoms with Gasteiger partial charge in [0.1, 0.15) is 89.5 Å². The van der Waals surface area contributed by atoms with Gasteiger partial charge in [0, 0.05) is 53.2 Å². The molecule has 0 aliphatic carbocycles. The predicted octanol–water partition coefficient (Wildman–Crippen LogP) is 3.92. The molecular formula is C86H98Cl2N10O26. The van der Waals surface area contributed by atoms with Crippen molar-refractivity contribution in [2.75, 3.05) is 13.7 Å². The van der Waals surface area contributed by atoms with Crippen LogP contribution in [-0.2, 0) is 68.6 Å². The maximum absolute atomic E-state index is 16.6. The number of aliphatic hydroxyl groups is 6. The highest BCUT2D eigenvalue weighted by atomic mass is 35.5. The van der Waals surface area contributed by atoms with E-state index in [1.54, 1.807) is 11.9 Å². The minimum absolute atomic E-state index is 0.161. The summed E-state index contributed by atoms with van der Waals surface area (Å²) in [4.78, 5) is 124. The minimum Gasteiger partial charge on any atom is -0.508 e. The number of hydrogen-bond acceptors (Lipinski definition) is 28. The molecule has 7 aromatic carbocycles. The molecule has 15 rings (SSSR count). The van der Waals surface area contributed by atoms with Crippen LogP contribution >= 0.6 is 23.2 Å². The van der Waals surface area contributed by atoms with E-state index in [1.807, 2.05) is 68.4 Å². The van der Waals surface area contributed by atoms with Gasteiger partial charge in [-0.15, -0.1) is 0 Å². The number of primary amides is 1. The van der Waals surface area contributed by atoms with Gasteiger partial charge < -0.3 is 138 Å². The van der Waals surface area contributed by atoms with Gasteiger partial charge in [-0.1, -0.05) is 110 Å². The molecule has 8 aliphatic rings. The van der Waals surface area contributed by atoms with E-state index in [2.05, 4.69) is 31.9 Å². The Labute approximate surface area is 720 Å². The number of aliphatic hydroxyl groups excluding tert-OH is 6. The number of phenolic OH excluding ortho intramolecular Hbond substituents is 3. The van der Waals surface area contributed by atoms with Crippen LogP contribution in [0.2, 0.25) is 10.0 Å². The molecule has 0 saturated carbocycles. The minimum atomic E-state index is -2.40. The number of fused-ring (bicyclic) bond motifs is 15. The molecule has 7 aromatic rings. The van der Waals surface area contributed by atoms with Crippen molar-refractivity contribution in [2.45, 2.75) is 207 Å². The average Bonchev–Trinajstić information content (AvgIpc) is 0.762. The highest BCUT2D eigenvalue weighted by Gasteiger charge is 2.53. The van der Waals surface area contributed by atoms with Gasteiger partial charge in [0.05, 0.1) is 53.5 Å². The van der Waals surface area contributed by atoms with Crippen LogP contribution in [0.4, 0.5) is 0 Å². The topological polar surface area (TPSA) is 566 Å². The zero-order valence-electron chi connectivity index (χ0n) is 68.0. The number of halogens is 2. The summed E-state index contributed by atoms with van der Waals surface area (Å²) in [5.41, 5.74) is 16.1. The standard InChI is InChI=1S/C86H98Cl2N10O26/c1-36(2)23-52(98(7)34-39-13-15-41(16-14-39)40-11-9-8-10-12-40)78(110)96-67-69(104)43-18-21-55(49(87)25-43)119-57-27-45-28-58(73(57)124-84-74(71(106)70(105)59(35-99)121-84)123-62-33-86(6,91)76(108)38(4)118-62)120-56-22-19-44(26-50(56)88)72(122-61-32-85(5,90)75(107)37(3)117-61)68-82(114)95-66(83(115)116)48-29-46(100)30-54(102)63(48)47-24-42(17-20-53(47)101)64(79(111)97-68)94-80(112)65(45)93-77(109)51(31-60(89)103)92-81(67)113/h8-22,24-30,36-38,51-52,59,61-62,64-72,74-76,84,99-102,104-108H,23,31-35,90-91H2,1-7H3,(H2,89,103)(H,92,113)(H,93,109)(H,94,112)(H,95,114)(H,96,110)(H,97,111)(H,115,116)/t37-,38-,51-,52+,59+,61-,62-,64+,65+,66-,67+,68-,69+,70+,71-,72+,74+,75-,76-,84-,85-,86-/m0/s1. The van der Waals surface area contributed by atoms with E-state index in [0.29, 0.717) is 0 Å². The summed E-state index contributed by atoms with van der Waals surface area (Å²) in [6.07, 6.45) is -23.1. The summed E-state index contributed by atoms with van der Waals surface area (Å²) in [6, 6.07) is 16.7. The summed E-state index contributed by atoms with van der Waals surface area (Å²) < 4.78 is 52.1. The van der Waals surface area contributed by atoms with Gasteiger partial charge >= 0.3 is 5.97 Å². The van der Waals surface area contributed by atoms with Gasteiger partial charge in [0.2, 0.25) is 53.4 Å². The molecule has 22 atom stereocenters. The molecule has 8 heterocycles. The van der Waals surface area contributed by atoms with Crippen molar-refractivity contribution in [3.05, 3.63) is 177 Å². The molecular weight excluding hydrogens is 1660 g/mol. The maximum atomic E-state index is 16.6. The Morgan fingerprint density at radius 2 is 1.20 bits per heavy atom. The quantitative estimate of drug-likeness (QED) is 0.0579. The highest BCUT2D eigenvalue weighted by Crippen LogP contribution is 2.51. The number of carbonyl (C=O) groups is 8. The number of rotatable bonds is 18. The van der Waals surface area contributed by atoms with Crippen molar-refractivity contribution in [2.24, 2.45) is 23.1 Å². The largest absolute Gasteiger partial charge is 0.508 e. The molecule has 124 heavy (non-hydrogen) atoms. The SMILES string of the molecule is CC(C)C[C@H](C(=O)N[C@H]1C(=O)N[C@@H](CC(N)=O)C(=O)N[C@H]2C(=O)N[C@H]3C(=O)N[C@H](C(=O)N[C@H](C(=O)O)c4cc(O)cc(O)c4-c4cc3ccc4O)[C@H](O[C@H]3C[C@](C)(N)[C@@H](O)[C@H](C)O3)c3ccc(c(Cl)c3)Oc3cc2cc(c3O[C@@H]2O[C@H](CO)[C@@H](O)[C@H](O)[C@H]2O[C@H]2C[C@](C)(N)[C@@H](O)[C@H](C)O2)Oc2ccc(cc2Cl)[C@H]1O)N(C)Cc1ccc(-c2ccccc2)cc1. The fraction of sp³-hybridized carbons (Fsp3) is 0.419. The predicted molar refractivity (Wildman–Crippen MR) is 440 cm³/mol. The van der Waals surface area contributed by atoms with Crippen LogP contribution in [-0.4, -0.2) is 220 Å². The normalized spacial score (nSPS) is 29.9. The summed E-state index contributed by atoms with van der Waals surface area (Å²) >= 11 is 14.7. The Balaban J connectivity index is 1.02. The summed E-state index contributed by atoms with van der Waals surface area (Å²) in [6.45, 7) is 8.86. The van der Waals surface area contributed by atoms with Crippen LogP contribution in [0, 0.1) is 5.92 Å². The number of carbonyl (C=O) groups excluding carboxylic acids is 7. The Hall–Kier alpha value is -10.9. The van der Waals surface area contributed by atoms with Crippen LogP contribution in [0.1, 0.15) is 131 Å². The van der Waals surface area contributed by atoms with Gasteiger partial charge in [-0.2, -0.15) is 0 Å². The van der Waals surface area contributed by atoms with E-state index in [4.69, 9.17) is 78.3 Å². The van der Waals surface area contributed by atoms with Gasteiger partial charge in [0.15, 0.2) is 36.2 Å². The molecule has 3 fully saturated rings. The monoisotopic (exact) mass is 1760 g/mol. The molecule has 0 aromatic heterocycles. The molecule has 22 N–H and O–H groups in total. The molecule has 3 saturated heterocycles. The van der Waals surface area contributed by atoms with Crippen molar-refractivity contribution in [1.29, 1.82) is 0 Å². The third kappa shape index (κ3) is 19.6. The number of ether oxygens (including phenoxy) is 8. The van der Waals surface area contributed by atoms with E-state index in [-0.39, 0.29) is 59.2 Å². The Morgan fingerprint density at radius 3 is 1.79 bits per heavy atom. The van der Waals surface area contributed by atoms with E-state index in [0.717, 1.165) is 65.2 Å². The average molecular weight is 1760 g/mol. The van der Waals surface area contributed by atoms with Crippen LogP contribution < -0.4 is 63.3 Å². The van der Waals surface area contributed by atoms with Crippen LogP contribution in [0.15, 0.2) is 133 Å². The maximum Gasteiger partial charge on any atom is 0.330 e. The Kier molecular flexibility index (Phi) is 27.2. The second-order valence-corrected chi connectivity index (χ2v) is 33.7. The van der Waals surface area contributed by atoms with E-state index in [9.17, 15) is 60.7 Å². The molecule has 38 heteroatoms. The molecule has 662 valence electrons. The number of benzene rings is 7. The number of likely N-dealkylation sites (N-methyl/N-ethyl adjacent to an activating group) is 1. The van der Waals surface area contributed by atoms with Crippen molar-refractivity contribution >= 4 is 70.5 Å². The summed E-state index contributed by atoms with van der Waals surface area (Å²) in [7, 11) is 1.69. The number of aromatic hydroxyl groups is 3. The Morgan fingerprint density at radius 1 is 0.629 bits per heavy atom. The molecule has 11 bridgehead atoms. The lowest BCUT2D eigenvalue weighted by molar-refractivity contribution is -0.333. The second-order valence-electron chi connectivity index (χ2n) is 32.9. The van der Waals surface area contributed by atoms with E-state index >= 15 is 28.8 Å². The first-order valence-electron chi connectivity index (χ1n) is 39.9. The van der Waals surface area contributed by atoms with Crippen LogP contribution in [0.5, 0.6) is 46.0 Å². The van der Waals surface area contributed by atoms with E-state index in [1.165, 1.54) is 58.0 Å². The first kappa shape index (κ1) is 90.8. The second kappa shape index (κ2) is 37.1. The smallest absolute Gasteiger partial charge is 0.330 e. The first-order chi connectivity index (χ1) is 58.6. The lowest BCUT2D eigenvalue weighted by atomic mass is 9.86. The van der Waals surface area contributed by atoms with Crippen molar-refractivity contribution in [3.8, 4) is 68.2 Å². The number of nitrogens with two attached hydrogens (primary N) is 3. The number of carboxylic acids is 1. The number of nitrogens with one attached hydrogen (secondary N) is 6. The third-order valence-corrected chi connectivity index (χ3v) is 23.4. The lowest BCUT2D eigenvalue weighted by Gasteiger charge is -2.47. The zero-order chi connectivity index (χ0) is 89.6.